The fraction of sp³-hybridized carbons (Fsp3) is 0.667. The van der Waals surface area contributed by atoms with E-state index >= 15 is 0 Å². The van der Waals surface area contributed by atoms with E-state index in [1.165, 1.54) is 0 Å². The van der Waals surface area contributed by atoms with E-state index in [1.54, 1.807) is 6.92 Å². The summed E-state index contributed by atoms with van der Waals surface area (Å²) >= 11 is 0. The molecule has 0 aromatic rings. The van der Waals surface area contributed by atoms with Crippen molar-refractivity contribution in [2.24, 2.45) is 11.3 Å². The van der Waals surface area contributed by atoms with Gasteiger partial charge in [-0.1, -0.05) is 0 Å². The molecule has 1 heterocycles. The standard InChI is InChI=1S/C12H15NO5/c1-2-18-11(17)12(5-3-4-8(12)14)7-6-9(15)13-10(7)16/h7H,2-6H2,1H3,(H,13,15,16)/t7-,12+/m1/s1. The molecule has 0 spiro atoms. The molecule has 0 aromatic heterocycles. The maximum Gasteiger partial charge on any atom is 0.320 e. The Kier molecular flexibility index (Phi) is 3.19. The molecule has 2 fully saturated rings. The lowest BCUT2D eigenvalue weighted by Gasteiger charge is -2.28. The topological polar surface area (TPSA) is 89.5 Å². The number of hydrogen-bond acceptors (Lipinski definition) is 5. The first-order chi connectivity index (χ1) is 8.52. The number of ether oxygens (including phenoxy) is 1. The number of rotatable bonds is 3. The van der Waals surface area contributed by atoms with E-state index in [-0.39, 0.29) is 31.7 Å². The molecule has 1 aliphatic carbocycles. The van der Waals surface area contributed by atoms with Gasteiger partial charge in [0.25, 0.3) is 0 Å². The molecule has 2 atom stereocenters. The third-order valence-electron chi connectivity index (χ3n) is 3.68. The Hall–Kier alpha value is -1.72. The molecule has 1 saturated carbocycles. The van der Waals surface area contributed by atoms with Gasteiger partial charge in [0, 0.05) is 12.8 Å². The van der Waals surface area contributed by atoms with Crippen LogP contribution in [0.25, 0.3) is 0 Å². The van der Waals surface area contributed by atoms with Gasteiger partial charge in [-0.2, -0.15) is 0 Å². The Morgan fingerprint density at radius 2 is 2.17 bits per heavy atom. The van der Waals surface area contributed by atoms with Gasteiger partial charge in [-0.25, -0.2) is 0 Å². The van der Waals surface area contributed by atoms with Crippen molar-refractivity contribution in [2.45, 2.75) is 32.6 Å². The lowest BCUT2D eigenvalue weighted by Crippen LogP contribution is -2.46. The van der Waals surface area contributed by atoms with Gasteiger partial charge < -0.3 is 4.74 Å². The van der Waals surface area contributed by atoms with Crippen molar-refractivity contribution in [1.29, 1.82) is 0 Å². The Balaban J connectivity index is 2.37. The fourth-order valence-electron chi connectivity index (χ4n) is 2.83. The molecule has 6 nitrogen and oxygen atoms in total. The highest BCUT2D eigenvalue weighted by Gasteiger charge is 2.60. The number of carbonyl (C=O) groups excluding carboxylic acids is 4. The van der Waals surface area contributed by atoms with Crippen LogP contribution in [0.15, 0.2) is 0 Å². The predicted octanol–water partition coefficient (Wildman–Crippen LogP) is -0.0484. The van der Waals surface area contributed by atoms with Crippen molar-refractivity contribution >= 4 is 23.6 Å². The fourth-order valence-corrected chi connectivity index (χ4v) is 2.83. The second-order valence-corrected chi connectivity index (χ2v) is 4.64. The number of Topliss-reactive ketones (excluding diaryl/α,β-unsaturated/α-hetero) is 1. The number of nitrogens with one attached hydrogen (secondary N) is 1. The monoisotopic (exact) mass is 253 g/mol. The van der Waals surface area contributed by atoms with E-state index in [0.29, 0.717) is 6.42 Å². The van der Waals surface area contributed by atoms with Crippen LogP contribution in [-0.2, 0) is 23.9 Å². The van der Waals surface area contributed by atoms with E-state index in [1.807, 2.05) is 0 Å². The highest BCUT2D eigenvalue weighted by atomic mass is 16.5. The molecule has 2 rings (SSSR count). The summed E-state index contributed by atoms with van der Waals surface area (Å²) in [6.45, 7) is 1.79. The van der Waals surface area contributed by atoms with Crippen LogP contribution >= 0.6 is 0 Å². The van der Waals surface area contributed by atoms with E-state index in [0.717, 1.165) is 0 Å². The number of ketones is 1. The third-order valence-corrected chi connectivity index (χ3v) is 3.68. The SMILES string of the molecule is CCOC(=O)[C@]1([C@@H]2CC(=O)NC2=O)CCCC1=O. The Bertz CT molecular complexity index is 430. The summed E-state index contributed by atoms with van der Waals surface area (Å²) in [5.74, 6) is -2.83. The van der Waals surface area contributed by atoms with Crippen molar-refractivity contribution in [2.75, 3.05) is 6.61 Å². The molecule has 0 unspecified atom stereocenters. The summed E-state index contributed by atoms with van der Waals surface area (Å²) in [5.41, 5.74) is -1.44. The van der Waals surface area contributed by atoms with Gasteiger partial charge in [0.15, 0.2) is 5.78 Å². The number of imide groups is 1. The van der Waals surface area contributed by atoms with E-state index in [9.17, 15) is 19.2 Å². The summed E-state index contributed by atoms with van der Waals surface area (Å²) in [7, 11) is 0. The van der Waals surface area contributed by atoms with E-state index in [2.05, 4.69) is 5.32 Å². The van der Waals surface area contributed by atoms with Gasteiger partial charge in [0.2, 0.25) is 11.8 Å². The van der Waals surface area contributed by atoms with Crippen molar-refractivity contribution in [3.8, 4) is 0 Å². The molecule has 2 aliphatic rings. The van der Waals surface area contributed by atoms with Gasteiger partial charge in [-0.05, 0) is 19.8 Å². The highest BCUT2D eigenvalue weighted by Crippen LogP contribution is 2.45. The summed E-state index contributed by atoms with van der Waals surface area (Å²) in [5, 5.41) is 2.15. The van der Waals surface area contributed by atoms with Gasteiger partial charge >= 0.3 is 5.97 Å². The Morgan fingerprint density at radius 3 is 2.61 bits per heavy atom. The first-order valence-corrected chi connectivity index (χ1v) is 6.06. The van der Waals surface area contributed by atoms with Crippen LogP contribution in [0.3, 0.4) is 0 Å². The third kappa shape index (κ3) is 1.72. The first-order valence-electron chi connectivity index (χ1n) is 6.06. The molecule has 1 aliphatic heterocycles. The smallest absolute Gasteiger partial charge is 0.320 e. The van der Waals surface area contributed by atoms with Crippen LogP contribution < -0.4 is 5.32 Å². The van der Waals surface area contributed by atoms with Crippen molar-refractivity contribution in [3.05, 3.63) is 0 Å². The zero-order chi connectivity index (χ0) is 13.3. The second-order valence-electron chi connectivity index (χ2n) is 4.64. The summed E-state index contributed by atoms with van der Waals surface area (Å²) in [6, 6.07) is 0. The van der Waals surface area contributed by atoms with Crippen molar-refractivity contribution in [3.63, 3.8) is 0 Å². The maximum atomic E-state index is 12.1. The molecule has 1 saturated heterocycles. The molecule has 18 heavy (non-hydrogen) atoms. The van der Waals surface area contributed by atoms with Gasteiger partial charge in [-0.3, -0.25) is 24.5 Å². The van der Waals surface area contributed by atoms with Crippen LogP contribution in [0.4, 0.5) is 0 Å². The number of hydrogen-bond donors (Lipinski definition) is 1. The van der Waals surface area contributed by atoms with Gasteiger partial charge in [0.1, 0.15) is 5.41 Å². The summed E-state index contributed by atoms with van der Waals surface area (Å²) < 4.78 is 4.94. The zero-order valence-corrected chi connectivity index (χ0v) is 10.2. The predicted molar refractivity (Wildman–Crippen MR) is 59.2 cm³/mol. The molecular weight excluding hydrogens is 238 g/mol. The quantitative estimate of drug-likeness (QED) is 0.433. The minimum atomic E-state index is -1.44. The molecule has 6 heteroatoms. The summed E-state index contributed by atoms with van der Waals surface area (Å²) in [6.07, 6.45) is 0.992. The summed E-state index contributed by atoms with van der Waals surface area (Å²) in [4.78, 5) is 47.1. The van der Waals surface area contributed by atoms with Gasteiger partial charge in [0.05, 0.1) is 12.5 Å². The Morgan fingerprint density at radius 1 is 1.44 bits per heavy atom. The lowest BCUT2D eigenvalue weighted by atomic mass is 9.72. The normalized spacial score (nSPS) is 31.6. The first kappa shape index (κ1) is 12.7. The second kappa shape index (κ2) is 4.51. The van der Waals surface area contributed by atoms with Crippen LogP contribution in [0.1, 0.15) is 32.6 Å². The lowest BCUT2D eigenvalue weighted by molar-refractivity contribution is -0.164. The van der Waals surface area contributed by atoms with Gasteiger partial charge in [-0.15, -0.1) is 0 Å². The zero-order valence-electron chi connectivity index (χ0n) is 10.2. The average molecular weight is 253 g/mol. The van der Waals surface area contributed by atoms with E-state index < -0.39 is 29.1 Å². The molecular formula is C12H15NO5. The molecule has 2 amide bonds. The van der Waals surface area contributed by atoms with Crippen LogP contribution in [0, 0.1) is 11.3 Å². The van der Waals surface area contributed by atoms with Crippen molar-refractivity contribution in [1.82, 2.24) is 5.32 Å². The number of esters is 1. The molecule has 0 radical (unpaired) electrons. The average Bonchev–Trinajstić information content (AvgIpc) is 2.83. The molecule has 1 N–H and O–H groups in total. The van der Waals surface area contributed by atoms with Crippen LogP contribution in [-0.4, -0.2) is 30.2 Å². The van der Waals surface area contributed by atoms with Crippen molar-refractivity contribution < 1.29 is 23.9 Å². The van der Waals surface area contributed by atoms with Crippen LogP contribution in [0.2, 0.25) is 0 Å². The number of amides is 2. The molecule has 0 aromatic carbocycles. The molecule has 98 valence electrons. The Labute approximate surface area is 104 Å². The minimum absolute atomic E-state index is 0.108. The minimum Gasteiger partial charge on any atom is -0.465 e. The largest absolute Gasteiger partial charge is 0.465 e. The highest BCUT2D eigenvalue weighted by molar-refractivity contribution is 6.14. The maximum absolute atomic E-state index is 12.1. The van der Waals surface area contributed by atoms with E-state index in [4.69, 9.17) is 4.74 Å². The van der Waals surface area contributed by atoms with Crippen LogP contribution in [0.5, 0.6) is 0 Å². The number of carbonyl (C=O) groups is 4. The molecule has 0 bridgehead atoms.